The number of halogens is 1. The van der Waals surface area contributed by atoms with Crippen LogP contribution < -0.4 is 5.32 Å². The van der Waals surface area contributed by atoms with E-state index in [1.54, 1.807) is 6.20 Å². The predicted octanol–water partition coefficient (Wildman–Crippen LogP) is 4.29. The Morgan fingerprint density at radius 3 is 2.67 bits per heavy atom. The van der Waals surface area contributed by atoms with Crippen LogP contribution in [0.4, 0.5) is 5.82 Å². The SMILES string of the molecule is Clc1cncnc1NCc1ccc(-c2nc3ccccc3[nH]2)cc1. The summed E-state index contributed by atoms with van der Waals surface area (Å²) in [5, 5.41) is 3.71. The van der Waals surface area contributed by atoms with Gasteiger partial charge in [0.15, 0.2) is 0 Å². The zero-order valence-electron chi connectivity index (χ0n) is 12.7. The van der Waals surface area contributed by atoms with E-state index in [4.69, 9.17) is 11.6 Å². The van der Waals surface area contributed by atoms with Crippen molar-refractivity contribution in [3.05, 3.63) is 71.6 Å². The predicted molar refractivity (Wildman–Crippen MR) is 95.9 cm³/mol. The molecule has 4 rings (SSSR count). The lowest BCUT2D eigenvalue weighted by Gasteiger charge is -2.07. The van der Waals surface area contributed by atoms with Crippen LogP contribution in [0.25, 0.3) is 22.4 Å². The molecule has 0 radical (unpaired) electrons. The van der Waals surface area contributed by atoms with Gasteiger partial charge in [-0.1, -0.05) is 48.0 Å². The average Bonchev–Trinajstić information content (AvgIpc) is 3.06. The molecule has 0 spiro atoms. The normalized spacial score (nSPS) is 10.9. The van der Waals surface area contributed by atoms with Crippen molar-refractivity contribution in [2.24, 2.45) is 0 Å². The summed E-state index contributed by atoms with van der Waals surface area (Å²) in [6, 6.07) is 16.2. The van der Waals surface area contributed by atoms with Crippen molar-refractivity contribution in [2.75, 3.05) is 5.32 Å². The minimum atomic E-state index is 0.511. The maximum absolute atomic E-state index is 6.03. The van der Waals surface area contributed by atoms with E-state index in [9.17, 15) is 0 Å². The second kappa shape index (κ2) is 6.29. The third-order valence-corrected chi connectivity index (χ3v) is 4.02. The first kappa shape index (κ1) is 14.7. The maximum Gasteiger partial charge on any atom is 0.148 e. The number of anilines is 1. The van der Waals surface area contributed by atoms with Crippen molar-refractivity contribution < 1.29 is 0 Å². The minimum Gasteiger partial charge on any atom is -0.365 e. The van der Waals surface area contributed by atoms with Crippen LogP contribution in [0.15, 0.2) is 61.1 Å². The number of fused-ring (bicyclic) bond motifs is 1. The van der Waals surface area contributed by atoms with E-state index in [-0.39, 0.29) is 0 Å². The number of para-hydroxylation sites is 2. The molecule has 0 aliphatic carbocycles. The van der Waals surface area contributed by atoms with Crippen molar-refractivity contribution in [1.29, 1.82) is 0 Å². The topological polar surface area (TPSA) is 66.5 Å². The summed E-state index contributed by atoms with van der Waals surface area (Å²) < 4.78 is 0. The van der Waals surface area contributed by atoms with E-state index in [0.717, 1.165) is 28.0 Å². The Morgan fingerprint density at radius 2 is 1.88 bits per heavy atom. The number of aromatic nitrogens is 4. The van der Waals surface area contributed by atoms with E-state index in [1.165, 1.54) is 6.33 Å². The first-order chi connectivity index (χ1) is 11.8. The summed E-state index contributed by atoms with van der Waals surface area (Å²) >= 11 is 6.03. The molecule has 2 N–H and O–H groups in total. The molecule has 0 unspecified atom stereocenters. The van der Waals surface area contributed by atoms with Crippen LogP contribution in [0.2, 0.25) is 5.02 Å². The van der Waals surface area contributed by atoms with Crippen LogP contribution >= 0.6 is 11.6 Å². The number of nitrogens with one attached hydrogen (secondary N) is 2. The Morgan fingerprint density at radius 1 is 1.04 bits per heavy atom. The van der Waals surface area contributed by atoms with Gasteiger partial charge in [-0.3, -0.25) is 0 Å². The Kier molecular flexibility index (Phi) is 3.84. The molecule has 6 heteroatoms. The molecule has 0 atom stereocenters. The van der Waals surface area contributed by atoms with Gasteiger partial charge in [-0.25, -0.2) is 15.0 Å². The van der Waals surface area contributed by atoms with E-state index < -0.39 is 0 Å². The molecule has 0 aliphatic heterocycles. The van der Waals surface area contributed by atoms with E-state index in [2.05, 4.69) is 49.5 Å². The minimum absolute atomic E-state index is 0.511. The lowest BCUT2D eigenvalue weighted by atomic mass is 10.1. The molecule has 0 saturated heterocycles. The number of aromatic amines is 1. The highest BCUT2D eigenvalue weighted by Crippen LogP contribution is 2.21. The number of rotatable bonds is 4. The smallest absolute Gasteiger partial charge is 0.148 e. The Hall–Kier alpha value is -2.92. The van der Waals surface area contributed by atoms with Crippen molar-refractivity contribution in [3.63, 3.8) is 0 Å². The third-order valence-electron chi connectivity index (χ3n) is 3.74. The molecule has 0 aliphatic rings. The largest absolute Gasteiger partial charge is 0.365 e. The van der Waals surface area contributed by atoms with Crippen LogP contribution in [0.1, 0.15) is 5.56 Å². The van der Waals surface area contributed by atoms with Gasteiger partial charge in [0, 0.05) is 12.1 Å². The Balaban J connectivity index is 1.51. The molecule has 24 heavy (non-hydrogen) atoms. The highest BCUT2D eigenvalue weighted by atomic mass is 35.5. The van der Waals surface area contributed by atoms with Gasteiger partial charge in [0.05, 0.1) is 17.2 Å². The molecule has 118 valence electrons. The molecule has 2 aromatic carbocycles. The highest BCUT2D eigenvalue weighted by molar-refractivity contribution is 6.32. The summed E-state index contributed by atoms with van der Waals surface area (Å²) in [7, 11) is 0. The molecule has 0 amide bonds. The van der Waals surface area contributed by atoms with E-state index >= 15 is 0 Å². The van der Waals surface area contributed by atoms with Gasteiger partial charge < -0.3 is 10.3 Å². The van der Waals surface area contributed by atoms with Crippen LogP contribution in [0, 0.1) is 0 Å². The second-order valence-electron chi connectivity index (χ2n) is 5.37. The fraction of sp³-hybridized carbons (Fsp3) is 0.0556. The van der Waals surface area contributed by atoms with Gasteiger partial charge in [-0.05, 0) is 17.7 Å². The zero-order chi connectivity index (χ0) is 16.4. The number of hydrogen-bond acceptors (Lipinski definition) is 4. The lowest BCUT2D eigenvalue weighted by molar-refractivity contribution is 1.08. The van der Waals surface area contributed by atoms with Crippen LogP contribution in [0.5, 0.6) is 0 Å². The summed E-state index contributed by atoms with van der Waals surface area (Å²) in [6.07, 6.45) is 3.04. The quantitative estimate of drug-likeness (QED) is 0.584. The van der Waals surface area contributed by atoms with Crippen LogP contribution in [0.3, 0.4) is 0 Å². The highest BCUT2D eigenvalue weighted by Gasteiger charge is 2.05. The summed E-state index contributed by atoms with van der Waals surface area (Å²) in [5.74, 6) is 1.50. The fourth-order valence-electron chi connectivity index (χ4n) is 2.50. The number of H-pyrrole nitrogens is 1. The standard InChI is InChI=1S/C18H14ClN5/c19-14-10-20-11-22-18(14)21-9-12-5-7-13(8-6-12)17-23-15-3-1-2-4-16(15)24-17/h1-8,10-11H,9H2,(H,23,24)(H,20,21,22). The van der Waals surface area contributed by atoms with Gasteiger partial charge in [0.2, 0.25) is 0 Å². The molecule has 5 nitrogen and oxygen atoms in total. The van der Waals surface area contributed by atoms with Gasteiger partial charge in [0.25, 0.3) is 0 Å². The number of nitrogens with zero attached hydrogens (tertiary/aromatic N) is 3. The first-order valence-electron chi connectivity index (χ1n) is 7.53. The van der Waals surface area contributed by atoms with Crippen LogP contribution in [-0.4, -0.2) is 19.9 Å². The Labute approximate surface area is 143 Å². The van der Waals surface area contributed by atoms with Crippen LogP contribution in [-0.2, 0) is 6.54 Å². The van der Waals surface area contributed by atoms with Gasteiger partial charge in [0.1, 0.15) is 23.0 Å². The third kappa shape index (κ3) is 2.94. The molecule has 4 aromatic rings. The number of imidazole rings is 1. The molecular weight excluding hydrogens is 322 g/mol. The monoisotopic (exact) mass is 335 g/mol. The van der Waals surface area contributed by atoms with Crippen molar-refractivity contribution in [2.45, 2.75) is 6.54 Å². The molecule has 2 aromatic heterocycles. The number of hydrogen-bond donors (Lipinski definition) is 2. The van der Waals surface area contributed by atoms with Crippen molar-refractivity contribution >= 4 is 28.5 Å². The van der Waals surface area contributed by atoms with Crippen molar-refractivity contribution in [1.82, 2.24) is 19.9 Å². The summed E-state index contributed by atoms with van der Waals surface area (Å²) in [6.45, 7) is 0.636. The molecule has 2 heterocycles. The number of benzene rings is 2. The van der Waals surface area contributed by atoms with Crippen molar-refractivity contribution in [3.8, 4) is 11.4 Å². The zero-order valence-corrected chi connectivity index (χ0v) is 13.5. The Bertz CT molecular complexity index is 945. The molecule has 0 fully saturated rings. The molecule has 0 bridgehead atoms. The first-order valence-corrected chi connectivity index (χ1v) is 7.91. The maximum atomic E-state index is 6.03. The van der Waals surface area contributed by atoms with E-state index in [0.29, 0.717) is 17.4 Å². The van der Waals surface area contributed by atoms with Gasteiger partial charge in [-0.15, -0.1) is 0 Å². The lowest BCUT2D eigenvalue weighted by Crippen LogP contribution is -2.02. The average molecular weight is 336 g/mol. The fourth-order valence-corrected chi connectivity index (χ4v) is 2.67. The second-order valence-corrected chi connectivity index (χ2v) is 5.78. The molecule has 0 saturated carbocycles. The summed E-state index contributed by atoms with van der Waals surface area (Å²) in [4.78, 5) is 15.9. The molecular formula is C18H14ClN5. The van der Waals surface area contributed by atoms with Gasteiger partial charge >= 0.3 is 0 Å². The van der Waals surface area contributed by atoms with E-state index in [1.807, 2.05) is 24.3 Å². The summed E-state index contributed by atoms with van der Waals surface area (Å²) in [5.41, 5.74) is 4.19. The van der Waals surface area contributed by atoms with Gasteiger partial charge in [-0.2, -0.15) is 0 Å².